The van der Waals surface area contributed by atoms with Crippen molar-refractivity contribution in [2.24, 2.45) is 4.99 Å². The second-order valence-corrected chi connectivity index (χ2v) is 7.44. The zero-order chi connectivity index (χ0) is 17.8. The highest BCUT2D eigenvalue weighted by atomic mass is 35.5. The molecule has 1 heterocycles. The van der Waals surface area contributed by atoms with Crippen molar-refractivity contribution in [2.75, 3.05) is 26.7 Å². The number of benzene rings is 1. The Kier molecular flexibility index (Phi) is 5.84. The van der Waals surface area contributed by atoms with Gasteiger partial charge in [0.15, 0.2) is 5.96 Å². The molecule has 0 aromatic heterocycles. The molecule has 1 aliphatic heterocycles. The first-order valence-electron chi connectivity index (χ1n) is 9.09. The molecule has 25 heavy (non-hydrogen) atoms. The van der Waals surface area contributed by atoms with E-state index in [0.29, 0.717) is 17.5 Å². The van der Waals surface area contributed by atoms with Gasteiger partial charge >= 0.3 is 0 Å². The van der Waals surface area contributed by atoms with Crippen molar-refractivity contribution in [3.8, 4) is 0 Å². The highest BCUT2D eigenvalue weighted by Crippen LogP contribution is 2.19. The topological polar surface area (TPSA) is 47.9 Å². The minimum atomic E-state index is 0.163. The molecule has 1 saturated carbocycles. The monoisotopic (exact) mass is 362 g/mol. The molecular weight excluding hydrogens is 336 g/mol. The largest absolute Gasteiger partial charge is 0.354 e. The van der Waals surface area contributed by atoms with Gasteiger partial charge in [0.1, 0.15) is 0 Å². The van der Waals surface area contributed by atoms with Gasteiger partial charge in [0.25, 0.3) is 0 Å². The summed E-state index contributed by atoms with van der Waals surface area (Å²) in [5, 5.41) is 4.22. The quantitative estimate of drug-likeness (QED) is 0.664. The Morgan fingerprint density at radius 1 is 1.36 bits per heavy atom. The Balaban J connectivity index is 1.56. The first-order valence-corrected chi connectivity index (χ1v) is 9.47. The van der Waals surface area contributed by atoms with Crippen molar-refractivity contribution in [3.05, 3.63) is 34.9 Å². The number of nitrogens with one attached hydrogen (secondary N) is 1. The lowest BCUT2D eigenvalue weighted by Crippen LogP contribution is -2.59. The van der Waals surface area contributed by atoms with E-state index in [1.165, 1.54) is 19.3 Å². The van der Waals surface area contributed by atoms with Gasteiger partial charge in [-0.05, 0) is 43.9 Å². The zero-order valence-electron chi connectivity index (χ0n) is 15.0. The molecule has 1 aromatic carbocycles. The molecule has 0 bridgehead atoms. The molecule has 1 atom stereocenters. The first-order chi connectivity index (χ1) is 12.1. The highest BCUT2D eigenvalue weighted by molar-refractivity contribution is 6.30. The lowest BCUT2D eigenvalue weighted by molar-refractivity contribution is -0.134. The molecule has 1 N–H and O–H groups in total. The van der Waals surface area contributed by atoms with E-state index in [1.807, 2.05) is 36.2 Å². The highest BCUT2D eigenvalue weighted by Gasteiger charge is 2.30. The second-order valence-electron chi connectivity index (χ2n) is 7.01. The number of carbonyl (C=O) groups is 1. The predicted octanol–water partition coefficient (Wildman–Crippen LogP) is 2.54. The Labute approximate surface area is 155 Å². The van der Waals surface area contributed by atoms with Crippen LogP contribution < -0.4 is 5.32 Å². The molecule has 2 fully saturated rings. The molecule has 0 spiro atoms. The summed E-state index contributed by atoms with van der Waals surface area (Å²) in [6, 6.07) is 8.27. The minimum Gasteiger partial charge on any atom is -0.354 e. The third-order valence-corrected chi connectivity index (χ3v) is 5.38. The summed E-state index contributed by atoms with van der Waals surface area (Å²) in [7, 11) is 1.84. The van der Waals surface area contributed by atoms with Crippen molar-refractivity contribution >= 4 is 23.5 Å². The molecule has 1 amide bonds. The van der Waals surface area contributed by atoms with Crippen LogP contribution in [0.25, 0.3) is 0 Å². The molecule has 1 aliphatic carbocycles. The number of amides is 1. The van der Waals surface area contributed by atoms with Gasteiger partial charge in [0, 0.05) is 43.8 Å². The minimum absolute atomic E-state index is 0.163. The molecule has 0 radical (unpaired) electrons. The van der Waals surface area contributed by atoms with Gasteiger partial charge in [0.2, 0.25) is 5.91 Å². The van der Waals surface area contributed by atoms with Crippen molar-refractivity contribution in [1.82, 2.24) is 15.1 Å². The van der Waals surface area contributed by atoms with E-state index >= 15 is 0 Å². The van der Waals surface area contributed by atoms with Crippen LogP contribution in [0, 0.1) is 0 Å². The van der Waals surface area contributed by atoms with E-state index in [-0.39, 0.29) is 11.9 Å². The number of hydrogen-bond acceptors (Lipinski definition) is 2. The average molecular weight is 363 g/mol. The molecule has 136 valence electrons. The molecule has 6 heteroatoms. The number of aliphatic imine (C=N–C) groups is 1. The van der Waals surface area contributed by atoms with E-state index in [9.17, 15) is 4.79 Å². The fourth-order valence-corrected chi connectivity index (χ4v) is 3.69. The van der Waals surface area contributed by atoms with Gasteiger partial charge in [-0.3, -0.25) is 9.79 Å². The predicted molar refractivity (Wildman–Crippen MR) is 102 cm³/mol. The van der Waals surface area contributed by atoms with Gasteiger partial charge in [-0.25, -0.2) is 0 Å². The van der Waals surface area contributed by atoms with Crippen LogP contribution in [0.3, 0.4) is 0 Å². The van der Waals surface area contributed by atoms with E-state index in [1.54, 1.807) is 0 Å². The maximum Gasteiger partial charge on any atom is 0.227 e. The number of carbonyl (C=O) groups excluding carboxylic acids is 1. The van der Waals surface area contributed by atoms with Crippen LogP contribution in [0.5, 0.6) is 0 Å². The molecule has 3 rings (SSSR count). The van der Waals surface area contributed by atoms with E-state index in [2.05, 4.69) is 22.1 Å². The third kappa shape index (κ3) is 4.46. The molecule has 1 saturated heterocycles. The van der Waals surface area contributed by atoms with Gasteiger partial charge in [-0.15, -0.1) is 0 Å². The van der Waals surface area contributed by atoms with Crippen LogP contribution in [0.2, 0.25) is 5.02 Å². The van der Waals surface area contributed by atoms with Gasteiger partial charge in [-0.1, -0.05) is 23.7 Å². The van der Waals surface area contributed by atoms with Gasteiger partial charge in [-0.2, -0.15) is 0 Å². The van der Waals surface area contributed by atoms with E-state index < -0.39 is 0 Å². The van der Waals surface area contributed by atoms with Crippen LogP contribution in [-0.2, 0) is 11.2 Å². The molecule has 5 nitrogen and oxygen atoms in total. The Hall–Kier alpha value is -1.75. The smallest absolute Gasteiger partial charge is 0.227 e. The molecule has 2 aliphatic rings. The summed E-state index contributed by atoms with van der Waals surface area (Å²) in [5.41, 5.74) is 0.967. The third-order valence-electron chi connectivity index (χ3n) is 5.14. The maximum atomic E-state index is 12.7. The van der Waals surface area contributed by atoms with Crippen LogP contribution in [0.15, 0.2) is 29.3 Å². The molecule has 1 unspecified atom stereocenters. The van der Waals surface area contributed by atoms with Gasteiger partial charge < -0.3 is 15.1 Å². The summed E-state index contributed by atoms with van der Waals surface area (Å²) in [4.78, 5) is 21.4. The Morgan fingerprint density at radius 2 is 2.16 bits per heavy atom. The first kappa shape index (κ1) is 18.1. The summed E-state index contributed by atoms with van der Waals surface area (Å²) >= 11 is 6.02. The number of guanidine groups is 1. The normalized spacial score (nSPS) is 21.9. The molecular formula is C19H27ClN4O. The van der Waals surface area contributed by atoms with E-state index in [0.717, 1.165) is 31.2 Å². The lowest BCUT2D eigenvalue weighted by Gasteiger charge is -2.42. The van der Waals surface area contributed by atoms with Crippen molar-refractivity contribution < 1.29 is 4.79 Å². The number of nitrogens with zero attached hydrogens (tertiary/aromatic N) is 3. The number of piperazine rings is 1. The van der Waals surface area contributed by atoms with Crippen LogP contribution in [0.4, 0.5) is 0 Å². The Morgan fingerprint density at radius 3 is 2.76 bits per heavy atom. The van der Waals surface area contributed by atoms with Crippen LogP contribution >= 0.6 is 11.6 Å². The van der Waals surface area contributed by atoms with Gasteiger partial charge in [0.05, 0.1) is 6.42 Å². The summed E-state index contributed by atoms with van der Waals surface area (Å²) in [6.07, 6.45) is 4.16. The van der Waals surface area contributed by atoms with Crippen LogP contribution in [-0.4, -0.2) is 60.4 Å². The fourth-order valence-electron chi connectivity index (χ4n) is 3.48. The SMILES string of the molecule is CN=C(NC1CCC1)N1CCN(C(=O)Cc2cccc(Cl)c2)C(C)C1. The standard InChI is InChI=1S/C19H27ClN4O/c1-14-13-23(19(21-2)22-17-7-4-8-17)9-10-24(14)18(25)12-15-5-3-6-16(20)11-15/h3,5-6,11,14,17H,4,7-10,12-13H2,1-2H3,(H,21,22). The summed E-state index contributed by atoms with van der Waals surface area (Å²) < 4.78 is 0. The number of hydrogen-bond donors (Lipinski definition) is 1. The fraction of sp³-hybridized carbons (Fsp3) is 0.579. The maximum absolute atomic E-state index is 12.7. The number of rotatable bonds is 3. The average Bonchev–Trinajstić information content (AvgIpc) is 2.54. The zero-order valence-corrected chi connectivity index (χ0v) is 15.8. The second kappa shape index (κ2) is 8.09. The summed E-state index contributed by atoms with van der Waals surface area (Å²) in [5.74, 6) is 1.13. The van der Waals surface area contributed by atoms with E-state index in [4.69, 9.17) is 11.6 Å². The molecule has 1 aromatic rings. The number of halogens is 1. The van der Waals surface area contributed by atoms with Crippen molar-refractivity contribution in [3.63, 3.8) is 0 Å². The van der Waals surface area contributed by atoms with Crippen LogP contribution in [0.1, 0.15) is 31.7 Å². The van der Waals surface area contributed by atoms with Crippen molar-refractivity contribution in [2.45, 2.75) is 44.7 Å². The summed E-state index contributed by atoms with van der Waals surface area (Å²) in [6.45, 7) is 4.47. The lowest BCUT2D eigenvalue weighted by atomic mass is 9.93. The Bertz CT molecular complexity index is 644. The van der Waals surface area contributed by atoms with Crippen molar-refractivity contribution in [1.29, 1.82) is 0 Å².